The minimum atomic E-state index is -0.921. The Hall–Kier alpha value is -1.89. The van der Waals surface area contributed by atoms with Gasteiger partial charge in [0.15, 0.2) is 0 Å². The van der Waals surface area contributed by atoms with Gasteiger partial charge in [0.1, 0.15) is 17.7 Å². The Labute approximate surface area is 118 Å². The molecule has 1 rings (SSSR count). The third-order valence-electron chi connectivity index (χ3n) is 2.57. The zero-order valence-electron chi connectivity index (χ0n) is 12.0. The number of aryl methyl sites for hydroxylation is 1. The van der Waals surface area contributed by atoms with Gasteiger partial charge in [-0.15, -0.1) is 0 Å². The van der Waals surface area contributed by atoms with E-state index in [0.29, 0.717) is 43.6 Å². The first-order valence-electron chi connectivity index (χ1n) is 6.53. The van der Waals surface area contributed by atoms with E-state index < -0.39 is 12.0 Å². The number of carbonyl (C=O) groups is 1. The summed E-state index contributed by atoms with van der Waals surface area (Å²) in [7, 11) is 1.59. The molecular formula is C13H21N3O4. The van der Waals surface area contributed by atoms with Crippen molar-refractivity contribution in [3.63, 3.8) is 0 Å². The molecular weight excluding hydrogens is 262 g/mol. The largest absolute Gasteiger partial charge is 0.480 e. The van der Waals surface area contributed by atoms with E-state index in [-0.39, 0.29) is 0 Å². The number of hydrogen-bond donors (Lipinski definition) is 2. The first-order valence-corrected chi connectivity index (χ1v) is 6.53. The molecule has 2 N–H and O–H groups in total. The lowest BCUT2D eigenvalue weighted by molar-refractivity contribution is -0.138. The van der Waals surface area contributed by atoms with E-state index in [0.717, 1.165) is 0 Å². The Morgan fingerprint density at radius 2 is 2.25 bits per heavy atom. The number of hydrogen-bond acceptors (Lipinski definition) is 6. The standard InChI is InChI=1S/C13H21N3O4/c1-4-20-12-8-11(14-9(2)15-12)16-10(13(17)18)6-5-7-19-3/h8,10H,4-7H2,1-3H3,(H,17,18)(H,14,15,16). The third kappa shape index (κ3) is 5.40. The number of carboxylic acid groups (broad SMARTS) is 1. The molecule has 1 unspecified atom stereocenters. The maximum atomic E-state index is 11.2. The lowest BCUT2D eigenvalue weighted by atomic mass is 10.1. The molecule has 0 saturated carbocycles. The zero-order chi connectivity index (χ0) is 15.0. The SMILES string of the molecule is CCOc1cc(NC(CCCOC)C(=O)O)nc(C)n1. The van der Waals surface area contributed by atoms with E-state index in [1.54, 1.807) is 20.1 Å². The minimum absolute atomic E-state index is 0.434. The monoisotopic (exact) mass is 283 g/mol. The van der Waals surface area contributed by atoms with E-state index in [9.17, 15) is 9.90 Å². The van der Waals surface area contributed by atoms with Crippen molar-refractivity contribution in [2.24, 2.45) is 0 Å². The molecule has 7 nitrogen and oxygen atoms in total. The van der Waals surface area contributed by atoms with Crippen LogP contribution in [0, 0.1) is 6.92 Å². The molecule has 0 saturated heterocycles. The van der Waals surface area contributed by atoms with Crippen LogP contribution in [0.3, 0.4) is 0 Å². The van der Waals surface area contributed by atoms with Gasteiger partial charge in [0.25, 0.3) is 0 Å². The summed E-state index contributed by atoms with van der Waals surface area (Å²) in [5.74, 6) is 0.490. The summed E-state index contributed by atoms with van der Waals surface area (Å²) in [5, 5.41) is 12.1. The van der Waals surface area contributed by atoms with Crippen molar-refractivity contribution >= 4 is 11.8 Å². The second-order valence-corrected chi connectivity index (χ2v) is 4.24. The molecule has 112 valence electrons. The first kappa shape index (κ1) is 16.2. The number of nitrogens with zero attached hydrogens (tertiary/aromatic N) is 2. The van der Waals surface area contributed by atoms with Crippen molar-refractivity contribution in [3.8, 4) is 5.88 Å². The van der Waals surface area contributed by atoms with E-state index in [1.807, 2.05) is 6.92 Å². The second kappa shape index (κ2) is 8.31. The Morgan fingerprint density at radius 3 is 2.85 bits per heavy atom. The molecule has 0 aliphatic rings. The number of ether oxygens (including phenoxy) is 2. The van der Waals surface area contributed by atoms with Crippen molar-refractivity contribution < 1.29 is 19.4 Å². The maximum absolute atomic E-state index is 11.2. The van der Waals surface area contributed by atoms with Gasteiger partial charge < -0.3 is 19.9 Å². The summed E-state index contributed by atoms with van der Waals surface area (Å²) >= 11 is 0. The van der Waals surface area contributed by atoms with Crippen LogP contribution in [0.1, 0.15) is 25.6 Å². The van der Waals surface area contributed by atoms with Crippen LogP contribution in [0.15, 0.2) is 6.07 Å². The number of methoxy groups -OCH3 is 1. The molecule has 0 amide bonds. The molecule has 0 aliphatic carbocycles. The third-order valence-corrected chi connectivity index (χ3v) is 2.57. The predicted octanol–water partition coefficient (Wildman–Crippen LogP) is 1.48. The average molecular weight is 283 g/mol. The molecule has 0 bridgehead atoms. The Balaban J connectivity index is 2.74. The molecule has 1 heterocycles. The fourth-order valence-electron chi connectivity index (χ4n) is 1.70. The molecule has 1 aromatic rings. The van der Waals surface area contributed by atoms with Crippen LogP contribution in [-0.2, 0) is 9.53 Å². The molecule has 0 spiro atoms. The van der Waals surface area contributed by atoms with Crippen LogP contribution >= 0.6 is 0 Å². The van der Waals surface area contributed by atoms with Crippen molar-refractivity contribution in [2.45, 2.75) is 32.7 Å². The fraction of sp³-hybridized carbons (Fsp3) is 0.615. The Bertz CT molecular complexity index is 440. The number of aromatic nitrogens is 2. The molecule has 20 heavy (non-hydrogen) atoms. The van der Waals surface area contributed by atoms with Crippen molar-refractivity contribution in [1.82, 2.24) is 9.97 Å². The van der Waals surface area contributed by atoms with Crippen LogP contribution in [0.2, 0.25) is 0 Å². The maximum Gasteiger partial charge on any atom is 0.326 e. The molecule has 0 radical (unpaired) electrons. The summed E-state index contributed by atoms with van der Waals surface area (Å²) in [6, 6.07) is 0.886. The molecule has 0 aromatic carbocycles. The lowest BCUT2D eigenvalue weighted by Crippen LogP contribution is -2.30. The van der Waals surface area contributed by atoms with Gasteiger partial charge >= 0.3 is 5.97 Å². The Kier molecular flexibility index (Phi) is 6.72. The molecule has 7 heteroatoms. The average Bonchev–Trinajstić information content (AvgIpc) is 2.37. The minimum Gasteiger partial charge on any atom is -0.480 e. The second-order valence-electron chi connectivity index (χ2n) is 4.24. The van der Waals surface area contributed by atoms with Crippen LogP contribution < -0.4 is 10.1 Å². The summed E-state index contributed by atoms with van der Waals surface area (Å²) in [4.78, 5) is 19.5. The van der Waals surface area contributed by atoms with Gasteiger partial charge in [0.05, 0.1) is 6.61 Å². The fourth-order valence-corrected chi connectivity index (χ4v) is 1.70. The van der Waals surface area contributed by atoms with Gasteiger partial charge in [-0.1, -0.05) is 0 Å². The molecule has 1 atom stereocenters. The zero-order valence-corrected chi connectivity index (χ0v) is 12.0. The highest BCUT2D eigenvalue weighted by molar-refractivity contribution is 5.76. The highest BCUT2D eigenvalue weighted by atomic mass is 16.5. The lowest BCUT2D eigenvalue weighted by Gasteiger charge is -2.15. The molecule has 0 fully saturated rings. The van der Waals surface area contributed by atoms with Crippen LogP contribution in [0.5, 0.6) is 5.88 Å². The molecule has 1 aromatic heterocycles. The van der Waals surface area contributed by atoms with Crippen molar-refractivity contribution in [2.75, 3.05) is 25.6 Å². The van der Waals surface area contributed by atoms with Crippen LogP contribution in [0.25, 0.3) is 0 Å². The van der Waals surface area contributed by atoms with Gasteiger partial charge in [-0.25, -0.2) is 9.78 Å². The predicted molar refractivity (Wildman–Crippen MR) is 74.1 cm³/mol. The van der Waals surface area contributed by atoms with E-state index in [2.05, 4.69) is 15.3 Å². The summed E-state index contributed by atoms with van der Waals surface area (Å²) in [5.41, 5.74) is 0. The van der Waals surface area contributed by atoms with Gasteiger partial charge in [-0.05, 0) is 26.7 Å². The van der Waals surface area contributed by atoms with Gasteiger partial charge in [0, 0.05) is 19.8 Å². The normalized spacial score (nSPS) is 11.9. The highest BCUT2D eigenvalue weighted by Gasteiger charge is 2.18. The topological polar surface area (TPSA) is 93.6 Å². The number of nitrogens with one attached hydrogen (secondary N) is 1. The van der Waals surface area contributed by atoms with Crippen LogP contribution in [-0.4, -0.2) is 47.4 Å². The van der Waals surface area contributed by atoms with E-state index in [1.165, 1.54) is 0 Å². The number of rotatable bonds is 9. The number of carboxylic acids is 1. The summed E-state index contributed by atoms with van der Waals surface area (Å²) < 4.78 is 10.2. The smallest absolute Gasteiger partial charge is 0.326 e. The number of anilines is 1. The van der Waals surface area contributed by atoms with Crippen LogP contribution in [0.4, 0.5) is 5.82 Å². The van der Waals surface area contributed by atoms with E-state index in [4.69, 9.17) is 9.47 Å². The van der Waals surface area contributed by atoms with Gasteiger partial charge in [-0.3, -0.25) is 0 Å². The van der Waals surface area contributed by atoms with Crippen molar-refractivity contribution in [1.29, 1.82) is 0 Å². The quantitative estimate of drug-likeness (QED) is 0.663. The van der Waals surface area contributed by atoms with Gasteiger partial charge in [-0.2, -0.15) is 4.98 Å². The van der Waals surface area contributed by atoms with Crippen molar-refractivity contribution in [3.05, 3.63) is 11.9 Å². The Morgan fingerprint density at radius 1 is 1.50 bits per heavy atom. The highest BCUT2D eigenvalue weighted by Crippen LogP contribution is 2.15. The molecule has 0 aliphatic heterocycles. The summed E-state index contributed by atoms with van der Waals surface area (Å²) in [6.07, 6.45) is 1.11. The first-order chi connectivity index (χ1) is 9.56. The summed E-state index contributed by atoms with van der Waals surface area (Å²) in [6.45, 7) is 4.61. The number of aliphatic carboxylic acids is 1. The van der Waals surface area contributed by atoms with Gasteiger partial charge in [0.2, 0.25) is 5.88 Å². The van der Waals surface area contributed by atoms with E-state index >= 15 is 0 Å².